The van der Waals surface area contributed by atoms with Crippen LogP contribution in [0.2, 0.25) is 0 Å². The van der Waals surface area contributed by atoms with E-state index in [0.29, 0.717) is 30.8 Å². The van der Waals surface area contributed by atoms with Crippen molar-refractivity contribution in [3.63, 3.8) is 0 Å². The normalized spacial score (nSPS) is 10.7. The number of unbranched alkanes of at least 4 members (excludes halogenated alkanes) is 1. The quantitative estimate of drug-likeness (QED) is 0.317. The molecule has 0 fully saturated rings. The summed E-state index contributed by atoms with van der Waals surface area (Å²) in [7, 11) is 1.61. The highest BCUT2D eigenvalue weighted by molar-refractivity contribution is 5.61. The average Bonchev–Trinajstić information content (AvgIpc) is 3.26. The average molecular weight is 433 g/mol. The molecular formula is C25H24FN3O3. The summed E-state index contributed by atoms with van der Waals surface area (Å²) in [5.41, 5.74) is 1.46. The first kappa shape index (κ1) is 21.4. The summed E-state index contributed by atoms with van der Waals surface area (Å²) >= 11 is 0. The van der Waals surface area contributed by atoms with Gasteiger partial charge in [-0.05, 0) is 61.4 Å². The Labute approximate surface area is 186 Å². The van der Waals surface area contributed by atoms with Gasteiger partial charge in [-0.3, -0.25) is 0 Å². The van der Waals surface area contributed by atoms with Crippen LogP contribution in [0.25, 0.3) is 17.1 Å². The predicted molar refractivity (Wildman–Crippen MR) is 120 cm³/mol. The van der Waals surface area contributed by atoms with Gasteiger partial charge in [0.1, 0.15) is 17.3 Å². The van der Waals surface area contributed by atoms with E-state index in [1.807, 2.05) is 54.6 Å². The van der Waals surface area contributed by atoms with Crippen molar-refractivity contribution >= 4 is 0 Å². The molecule has 0 amide bonds. The fourth-order valence-electron chi connectivity index (χ4n) is 3.26. The minimum atomic E-state index is -0.314. The van der Waals surface area contributed by atoms with Crippen molar-refractivity contribution in [3.8, 4) is 34.6 Å². The number of ether oxygens (including phenoxy) is 3. The van der Waals surface area contributed by atoms with E-state index < -0.39 is 0 Å². The number of benzene rings is 3. The summed E-state index contributed by atoms with van der Waals surface area (Å²) in [6, 6.07) is 23.7. The number of methoxy groups -OCH3 is 1. The maximum Gasteiger partial charge on any atom is 0.322 e. The maximum absolute atomic E-state index is 13.4. The molecule has 0 saturated heterocycles. The number of aromatic nitrogens is 3. The molecule has 3 aromatic carbocycles. The van der Waals surface area contributed by atoms with Crippen LogP contribution in [0.5, 0.6) is 17.5 Å². The molecule has 32 heavy (non-hydrogen) atoms. The van der Waals surface area contributed by atoms with E-state index in [1.165, 1.54) is 12.1 Å². The van der Waals surface area contributed by atoms with E-state index in [0.717, 1.165) is 29.8 Å². The minimum Gasteiger partial charge on any atom is -0.495 e. The van der Waals surface area contributed by atoms with Crippen molar-refractivity contribution in [2.45, 2.75) is 12.8 Å². The predicted octanol–water partition coefficient (Wildman–Crippen LogP) is 5.32. The molecule has 0 spiro atoms. The molecule has 0 bridgehead atoms. The van der Waals surface area contributed by atoms with Gasteiger partial charge < -0.3 is 14.2 Å². The number of hydrogen-bond donors (Lipinski definition) is 0. The molecule has 7 heteroatoms. The molecule has 0 aliphatic heterocycles. The highest BCUT2D eigenvalue weighted by Crippen LogP contribution is 2.31. The Hall–Kier alpha value is -3.87. The molecule has 164 valence electrons. The van der Waals surface area contributed by atoms with Gasteiger partial charge in [0.25, 0.3) is 0 Å². The van der Waals surface area contributed by atoms with Crippen LogP contribution in [0.15, 0.2) is 78.9 Å². The maximum atomic E-state index is 13.4. The van der Waals surface area contributed by atoms with Gasteiger partial charge in [-0.15, -0.1) is 5.10 Å². The lowest BCUT2D eigenvalue weighted by atomic mass is 10.2. The molecule has 0 radical (unpaired) electrons. The minimum absolute atomic E-state index is 0.314. The van der Waals surface area contributed by atoms with Gasteiger partial charge in [0, 0.05) is 5.56 Å². The first-order valence-electron chi connectivity index (χ1n) is 10.4. The second-order valence-electron chi connectivity index (χ2n) is 7.04. The van der Waals surface area contributed by atoms with Crippen molar-refractivity contribution in [3.05, 3.63) is 84.7 Å². The lowest BCUT2D eigenvalue weighted by molar-refractivity contribution is 0.251. The Bertz CT molecular complexity index is 1130. The number of rotatable bonds is 10. The Morgan fingerprint density at radius 2 is 1.47 bits per heavy atom. The fourth-order valence-corrected chi connectivity index (χ4v) is 3.26. The fraction of sp³-hybridized carbons (Fsp3) is 0.200. The van der Waals surface area contributed by atoms with Crippen LogP contribution < -0.4 is 14.2 Å². The van der Waals surface area contributed by atoms with Crippen LogP contribution >= 0.6 is 0 Å². The molecule has 0 saturated carbocycles. The summed E-state index contributed by atoms with van der Waals surface area (Å²) in [4.78, 5) is 0. The third kappa shape index (κ3) is 5.06. The summed E-state index contributed by atoms with van der Waals surface area (Å²) < 4.78 is 32.4. The van der Waals surface area contributed by atoms with Gasteiger partial charge in [0.05, 0.1) is 26.0 Å². The molecule has 0 atom stereocenters. The van der Waals surface area contributed by atoms with Crippen LogP contribution in [-0.4, -0.2) is 35.1 Å². The molecule has 6 nitrogen and oxygen atoms in total. The molecule has 0 aliphatic rings. The largest absolute Gasteiger partial charge is 0.495 e. The summed E-state index contributed by atoms with van der Waals surface area (Å²) in [5, 5.41) is 8.55. The SMILES string of the molecule is COc1ccccc1-n1c(OCCCCOc2ccccc2)nnc1-c1ccc(F)cc1. The molecule has 1 aromatic heterocycles. The van der Waals surface area contributed by atoms with Crippen LogP contribution in [-0.2, 0) is 0 Å². The second kappa shape index (κ2) is 10.4. The van der Waals surface area contributed by atoms with E-state index in [4.69, 9.17) is 14.2 Å². The van der Waals surface area contributed by atoms with Crippen LogP contribution in [0, 0.1) is 5.82 Å². The highest BCUT2D eigenvalue weighted by atomic mass is 19.1. The molecule has 0 N–H and O–H groups in total. The van der Waals surface area contributed by atoms with Crippen LogP contribution in [0.3, 0.4) is 0 Å². The van der Waals surface area contributed by atoms with Gasteiger partial charge in [-0.25, -0.2) is 8.96 Å². The Kier molecular flexibility index (Phi) is 6.97. The summed E-state index contributed by atoms with van der Waals surface area (Å²) in [5.74, 6) is 1.73. The molecule has 4 aromatic rings. The first-order valence-corrected chi connectivity index (χ1v) is 10.4. The molecule has 1 heterocycles. The second-order valence-corrected chi connectivity index (χ2v) is 7.04. The Morgan fingerprint density at radius 1 is 0.781 bits per heavy atom. The summed E-state index contributed by atoms with van der Waals surface area (Å²) in [6.45, 7) is 1.06. The number of para-hydroxylation sites is 3. The van der Waals surface area contributed by atoms with Gasteiger partial charge in [0.15, 0.2) is 5.82 Å². The van der Waals surface area contributed by atoms with Crippen molar-refractivity contribution in [2.24, 2.45) is 0 Å². The standard InChI is InChI=1S/C25H24FN3O3/c1-30-23-12-6-5-11-22(23)29-24(19-13-15-20(26)16-14-19)27-28-25(29)32-18-8-7-17-31-21-9-3-2-4-10-21/h2-6,9-16H,7-8,17-18H2,1H3. The van der Waals surface area contributed by atoms with Crippen molar-refractivity contribution < 1.29 is 18.6 Å². The molecule has 0 unspecified atom stereocenters. The summed E-state index contributed by atoms with van der Waals surface area (Å²) in [6.07, 6.45) is 1.63. The van der Waals surface area contributed by atoms with E-state index in [9.17, 15) is 4.39 Å². The van der Waals surface area contributed by atoms with Crippen LogP contribution in [0.1, 0.15) is 12.8 Å². The monoisotopic (exact) mass is 433 g/mol. The van der Waals surface area contributed by atoms with Gasteiger partial charge in [0.2, 0.25) is 0 Å². The van der Waals surface area contributed by atoms with E-state index in [-0.39, 0.29) is 5.82 Å². The third-order valence-corrected chi connectivity index (χ3v) is 4.84. The molecular weight excluding hydrogens is 409 g/mol. The zero-order valence-electron chi connectivity index (χ0n) is 17.8. The molecule has 4 rings (SSSR count). The van der Waals surface area contributed by atoms with Crippen LogP contribution in [0.4, 0.5) is 4.39 Å². The van der Waals surface area contributed by atoms with E-state index >= 15 is 0 Å². The third-order valence-electron chi connectivity index (χ3n) is 4.84. The molecule has 0 aliphatic carbocycles. The number of nitrogens with zero attached hydrogens (tertiary/aromatic N) is 3. The Balaban J connectivity index is 1.48. The Morgan fingerprint density at radius 3 is 2.22 bits per heavy atom. The highest BCUT2D eigenvalue weighted by Gasteiger charge is 2.19. The van der Waals surface area contributed by atoms with Gasteiger partial charge >= 0.3 is 6.01 Å². The first-order chi connectivity index (χ1) is 15.8. The van der Waals surface area contributed by atoms with E-state index in [1.54, 1.807) is 23.8 Å². The van der Waals surface area contributed by atoms with Gasteiger partial charge in [-0.1, -0.05) is 35.4 Å². The zero-order chi connectivity index (χ0) is 22.2. The van der Waals surface area contributed by atoms with E-state index in [2.05, 4.69) is 10.2 Å². The van der Waals surface area contributed by atoms with Gasteiger partial charge in [-0.2, -0.15) is 0 Å². The number of hydrogen-bond acceptors (Lipinski definition) is 5. The van der Waals surface area contributed by atoms with Crippen molar-refractivity contribution in [2.75, 3.05) is 20.3 Å². The lowest BCUT2D eigenvalue weighted by Gasteiger charge is -2.14. The smallest absolute Gasteiger partial charge is 0.322 e. The number of halogens is 1. The van der Waals surface area contributed by atoms with Crippen molar-refractivity contribution in [1.82, 2.24) is 14.8 Å². The lowest BCUT2D eigenvalue weighted by Crippen LogP contribution is -2.08. The zero-order valence-corrected chi connectivity index (χ0v) is 17.8. The topological polar surface area (TPSA) is 58.4 Å². The van der Waals surface area contributed by atoms with Crippen molar-refractivity contribution in [1.29, 1.82) is 0 Å².